The number of aliphatic hydroxyl groups is 1. The van der Waals surface area contributed by atoms with Crippen LogP contribution in [0, 0.1) is 0 Å². The van der Waals surface area contributed by atoms with Gasteiger partial charge >= 0.3 is 17.9 Å². The fraction of sp³-hybridized carbons (Fsp3) is 0.636. The summed E-state index contributed by atoms with van der Waals surface area (Å²) < 4.78 is 0. The quantitative estimate of drug-likeness (QED) is 0.0590. The van der Waals surface area contributed by atoms with E-state index in [-0.39, 0.29) is 135 Å². The van der Waals surface area contributed by atoms with E-state index >= 15 is 0 Å². The van der Waals surface area contributed by atoms with E-state index in [2.05, 4.69) is 50.1 Å². The number of carboxylic acid groups (broad SMARTS) is 3. The molecule has 9 amide bonds. The van der Waals surface area contributed by atoms with Gasteiger partial charge in [-0.1, -0.05) is 68.3 Å². The molecule has 3 saturated heterocycles. The van der Waals surface area contributed by atoms with E-state index in [4.69, 9.17) is 5.73 Å². The summed E-state index contributed by atoms with van der Waals surface area (Å²) in [5.41, 5.74) is 9.09. The van der Waals surface area contributed by atoms with Gasteiger partial charge in [0.15, 0.2) is 0 Å². The van der Waals surface area contributed by atoms with Crippen molar-refractivity contribution in [3.63, 3.8) is 0 Å². The Balaban J connectivity index is 1.22. The molecule has 4 aliphatic heterocycles. The molecule has 32 heteroatoms. The van der Waals surface area contributed by atoms with Crippen molar-refractivity contribution in [3.05, 3.63) is 70.8 Å². The van der Waals surface area contributed by atoms with Crippen molar-refractivity contribution < 1.29 is 78.0 Å². The highest BCUT2D eigenvalue weighted by molar-refractivity contribution is 7.99. The zero-order valence-electron chi connectivity index (χ0n) is 56.2. The first kappa shape index (κ1) is 79.9. The van der Waals surface area contributed by atoms with E-state index in [0.29, 0.717) is 79.6 Å². The van der Waals surface area contributed by atoms with Gasteiger partial charge in [0.25, 0.3) is 0 Å². The number of hydrogen-bond acceptors (Lipinski definition) is 20. The standard InChI is InChI=1S/C66H99N13O16S3/c1-3-4-6-15-55(82)70-51-43-98-42-48-33-46(40-96-30-18-68-56(83)36-74-22-24-75(37-57(84)85)26-28-77(39-59(88)89)29-27-76(25-23-74)38-58(86)87)32-47(34-48)41-97-31-19-69-61(90)50(35-45-11-7-5-8-12-45)72-62(91)49(16-17-54(67)81)71-64(93)60(44(2)80)73-63(92)52-13-9-20-78(52)66(95)53-14-10-21-79(53)65(51)94/h5,7-8,11-12,32-34,44,49-53,60,80H,3-4,6,9-10,13-31,35-43H2,1-2H3,(H2,67,81)(H,68,83)(H,69,90)(H,70,82)(H,71,93)(H,72,91)(H,73,92)(H,84,85)(H,86,87)(H,88,89)/t44-,49+,50+,51+,52+,53+,60+/m1/s1. The average molecular weight is 1430 g/mol. The SMILES string of the molecule is CCCCCC(=O)N[C@H]1CSCc2cc(CSCCNC(=O)CN3CCN(CC(=O)O)CCN(CC(=O)O)CCN(CC(=O)O)CC3)cc(c2)CSCCNC(=O)[C@H](Cc2ccccc2)NC(=O)[C@H](CCC(N)=O)NC(=O)[C@H]([C@@H](C)O)NC(=O)[C@@H]2CCCN2C(=O)[C@@H]2CCCN2C1=O. The van der Waals surface area contributed by atoms with E-state index in [1.807, 2.05) is 11.8 Å². The van der Waals surface area contributed by atoms with Crippen LogP contribution in [0.4, 0.5) is 0 Å². The topological polar surface area (TPSA) is 403 Å². The normalized spacial score (nSPS) is 23.0. The number of benzene rings is 2. The van der Waals surface area contributed by atoms with Crippen molar-refractivity contribution in [2.24, 2.45) is 5.73 Å². The van der Waals surface area contributed by atoms with E-state index in [1.54, 1.807) is 68.6 Å². The Morgan fingerprint density at radius 3 is 1.77 bits per heavy atom. The van der Waals surface area contributed by atoms with Gasteiger partial charge in [0.05, 0.1) is 32.3 Å². The number of aliphatic hydroxyl groups excluding tert-OH is 1. The van der Waals surface area contributed by atoms with Gasteiger partial charge < -0.3 is 67.9 Å². The summed E-state index contributed by atoms with van der Waals surface area (Å²) in [6, 6.07) is 7.82. The maximum Gasteiger partial charge on any atom is 0.317 e. The highest BCUT2D eigenvalue weighted by Crippen LogP contribution is 2.28. The predicted molar refractivity (Wildman–Crippen MR) is 371 cm³/mol. The molecule has 0 aromatic heterocycles. The van der Waals surface area contributed by atoms with Crippen LogP contribution in [0.1, 0.15) is 100 Å². The van der Waals surface area contributed by atoms with Crippen LogP contribution < -0.4 is 37.6 Å². The number of carboxylic acids is 3. The summed E-state index contributed by atoms with van der Waals surface area (Å²) >= 11 is 4.58. The lowest BCUT2D eigenvalue weighted by molar-refractivity contribution is -0.148. The maximum atomic E-state index is 14.9. The number of thioether (sulfide) groups is 3. The summed E-state index contributed by atoms with van der Waals surface area (Å²) in [7, 11) is 0. The lowest BCUT2D eigenvalue weighted by Gasteiger charge is -2.33. The minimum atomic E-state index is -1.64. The van der Waals surface area contributed by atoms with Gasteiger partial charge in [-0.15, -0.1) is 0 Å². The summed E-state index contributed by atoms with van der Waals surface area (Å²) in [5, 5.41) is 56.6. The minimum absolute atomic E-state index is 0.0365. The van der Waals surface area contributed by atoms with Crippen LogP contribution in [-0.2, 0) is 81.2 Å². The largest absolute Gasteiger partial charge is 0.480 e. The second-order valence-corrected chi connectivity index (χ2v) is 28.4. The van der Waals surface area contributed by atoms with Crippen LogP contribution >= 0.6 is 35.3 Å². The monoisotopic (exact) mass is 1430 g/mol. The molecule has 0 unspecified atom stereocenters. The van der Waals surface area contributed by atoms with Gasteiger partial charge in [-0.2, -0.15) is 35.3 Å². The molecule has 4 aliphatic rings. The predicted octanol–water partition coefficient (Wildman–Crippen LogP) is -0.502. The number of nitrogens with zero attached hydrogens (tertiary/aromatic N) is 6. The third kappa shape index (κ3) is 27.9. The van der Waals surface area contributed by atoms with Crippen molar-refractivity contribution >= 4 is 106 Å². The van der Waals surface area contributed by atoms with Gasteiger partial charge in [-0.05, 0) is 67.7 Å². The minimum Gasteiger partial charge on any atom is -0.480 e. The summed E-state index contributed by atoms with van der Waals surface area (Å²) in [5.74, 6) is -5.92. The van der Waals surface area contributed by atoms with E-state index < -0.39 is 102 Å². The molecular formula is C66H99N13O16S3. The molecule has 542 valence electrons. The van der Waals surface area contributed by atoms with Crippen LogP contribution in [0.2, 0.25) is 0 Å². The molecule has 29 nitrogen and oxygen atoms in total. The highest BCUT2D eigenvalue weighted by Gasteiger charge is 2.45. The number of rotatable bonds is 24. The molecular weight excluding hydrogens is 1330 g/mol. The lowest BCUT2D eigenvalue weighted by Crippen LogP contribution is -2.61. The van der Waals surface area contributed by atoms with E-state index in [0.717, 1.165) is 29.5 Å². The smallest absolute Gasteiger partial charge is 0.317 e. The van der Waals surface area contributed by atoms with Crippen molar-refractivity contribution in [1.29, 1.82) is 0 Å². The molecule has 7 atom stereocenters. The van der Waals surface area contributed by atoms with E-state index in [1.165, 1.54) is 28.5 Å². The Bertz CT molecular complexity index is 3000. The summed E-state index contributed by atoms with van der Waals surface area (Å²) in [6.07, 6.45) is 1.78. The zero-order chi connectivity index (χ0) is 71.1. The molecule has 0 saturated carbocycles. The fourth-order valence-corrected chi connectivity index (χ4v) is 14.8. The third-order valence-electron chi connectivity index (χ3n) is 17.3. The van der Waals surface area contributed by atoms with Crippen molar-refractivity contribution in [1.82, 2.24) is 61.3 Å². The number of amides is 9. The number of carbonyl (C=O) groups is 12. The summed E-state index contributed by atoms with van der Waals surface area (Å²) in [6.45, 7) is 5.35. The van der Waals surface area contributed by atoms with Crippen LogP contribution in [0.25, 0.3) is 0 Å². The number of nitrogens with one attached hydrogen (secondary N) is 6. The molecule has 0 aliphatic carbocycles. The molecule has 0 radical (unpaired) electrons. The Morgan fingerprint density at radius 2 is 1.19 bits per heavy atom. The number of nitrogens with two attached hydrogens (primary N) is 1. The zero-order valence-corrected chi connectivity index (χ0v) is 58.6. The Morgan fingerprint density at radius 1 is 0.633 bits per heavy atom. The lowest BCUT2D eigenvalue weighted by atomic mass is 10.0. The Hall–Kier alpha value is -7.07. The average Bonchev–Trinajstić information content (AvgIpc) is 1.63. The summed E-state index contributed by atoms with van der Waals surface area (Å²) in [4.78, 5) is 171. The molecule has 12 N–H and O–H groups in total. The number of primary amides is 1. The van der Waals surface area contributed by atoms with Gasteiger partial charge in [0, 0.05) is 132 Å². The number of aliphatic carboxylic acids is 3. The van der Waals surface area contributed by atoms with Crippen LogP contribution in [0.5, 0.6) is 0 Å². The molecule has 6 rings (SSSR count). The first-order valence-electron chi connectivity index (χ1n) is 33.7. The molecule has 98 heavy (non-hydrogen) atoms. The van der Waals surface area contributed by atoms with Gasteiger partial charge in [0.1, 0.15) is 36.3 Å². The number of unbranched alkanes of at least 4 members (excludes halogenated alkanes) is 2. The van der Waals surface area contributed by atoms with Crippen LogP contribution in [-0.4, -0.2) is 285 Å². The second-order valence-electron chi connectivity index (χ2n) is 25.2. The number of carbonyl (C=O) groups excluding carboxylic acids is 9. The first-order chi connectivity index (χ1) is 47.0. The number of hydrogen-bond donors (Lipinski definition) is 11. The van der Waals surface area contributed by atoms with Crippen molar-refractivity contribution in [2.75, 3.05) is 122 Å². The van der Waals surface area contributed by atoms with Gasteiger partial charge in [-0.3, -0.25) is 77.1 Å². The Kier molecular flexibility index (Phi) is 34.4. The maximum absolute atomic E-state index is 14.9. The molecule has 2 aromatic rings. The molecule has 3 fully saturated rings. The molecule has 4 heterocycles. The molecule has 0 spiro atoms. The number of fused-ring (bicyclic) bond motifs is 4. The van der Waals surface area contributed by atoms with Crippen molar-refractivity contribution in [3.8, 4) is 0 Å². The van der Waals surface area contributed by atoms with E-state index in [9.17, 15) is 78.0 Å². The molecule has 2 aromatic carbocycles. The molecule has 2 bridgehead atoms. The fourth-order valence-electron chi connectivity index (χ4n) is 12.2. The third-order valence-corrected chi connectivity index (χ3v) is 20.4. The van der Waals surface area contributed by atoms with Crippen LogP contribution in [0.15, 0.2) is 48.5 Å². The highest BCUT2D eigenvalue weighted by atomic mass is 32.2. The van der Waals surface area contributed by atoms with Crippen molar-refractivity contribution in [2.45, 2.75) is 144 Å². The van der Waals surface area contributed by atoms with Gasteiger partial charge in [0.2, 0.25) is 53.2 Å². The Labute approximate surface area is 585 Å². The van der Waals surface area contributed by atoms with Gasteiger partial charge in [-0.25, -0.2) is 0 Å². The van der Waals surface area contributed by atoms with Crippen LogP contribution in [0.3, 0.4) is 0 Å². The first-order valence-corrected chi connectivity index (χ1v) is 37.2. The second kappa shape index (κ2) is 42.1.